The molecular weight excluding hydrogens is 398 g/mol. The molecule has 0 fully saturated rings. The number of anilines is 1. The van der Waals surface area contributed by atoms with Gasteiger partial charge in [-0.25, -0.2) is 13.2 Å². The summed E-state index contributed by atoms with van der Waals surface area (Å²) < 4.78 is 26.3. The second-order valence-electron chi connectivity index (χ2n) is 6.80. The van der Waals surface area contributed by atoms with E-state index in [0.29, 0.717) is 23.5 Å². The van der Waals surface area contributed by atoms with Gasteiger partial charge in [0.2, 0.25) is 9.84 Å². The number of nitrogens with one attached hydrogen (secondary N) is 2. The van der Waals surface area contributed by atoms with E-state index in [9.17, 15) is 13.2 Å². The van der Waals surface area contributed by atoms with Crippen LogP contribution >= 0.6 is 0 Å². The largest absolute Gasteiger partial charge is 0.334 e. The van der Waals surface area contributed by atoms with Crippen LogP contribution in [0.5, 0.6) is 0 Å². The lowest BCUT2D eigenvalue weighted by Gasteiger charge is -2.14. The number of amides is 2. The van der Waals surface area contributed by atoms with Gasteiger partial charge in [0.05, 0.1) is 9.79 Å². The zero-order valence-electron chi connectivity index (χ0n) is 17.1. The van der Waals surface area contributed by atoms with Crippen LogP contribution in [0.15, 0.2) is 76.8 Å². The molecule has 7 heteroatoms. The lowest BCUT2D eigenvalue weighted by Crippen LogP contribution is -2.28. The molecule has 0 atom stereocenters. The third-order valence-electron chi connectivity index (χ3n) is 4.85. The van der Waals surface area contributed by atoms with E-state index in [1.54, 1.807) is 42.7 Å². The second-order valence-corrected chi connectivity index (χ2v) is 8.72. The van der Waals surface area contributed by atoms with E-state index in [2.05, 4.69) is 15.6 Å². The van der Waals surface area contributed by atoms with Crippen LogP contribution in [-0.4, -0.2) is 19.4 Å². The van der Waals surface area contributed by atoms with E-state index >= 15 is 0 Å². The van der Waals surface area contributed by atoms with E-state index in [1.165, 1.54) is 12.1 Å². The van der Waals surface area contributed by atoms with Crippen LogP contribution < -0.4 is 10.6 Å². The number of carbonyl (C=O) groups excluding carboxylic acids is 1. The Kier molecular flexibility index (Phi) is 6.84. The van der Waals surface area contributed by atoms with Gasteiger partial charge >= 0.3 is 6.03 Å². The number of benzene rings is 2. The van der Waals surface area contributed by atoms with Crippen molar-refractivity contribution in [1.29, 1.82) is 0 Å². The molecule has 0 spiro atoms. The van der Waals surface area contributed by atoms with Gasteiger partial charge in [-0.05, 0) is 65.9 Å². The summed E-state index contributed by atoms with van der Waals surface area (Å²) in [6.07, 6.45) is 4.78. The molecule has 0 aliphatic heterocycles. The third kappa shape index (κ3) is 4.86. The van der Waals surface area contributed by atoms with Crippen LogP contribution in [0.25, 0.3) is 0 Å². The first-order valence-electron chi connectivity index (χ1n) is 9.85. The molecule has 30 heavy (non-hydrogen) atoms. The third-order valence-corrected chi connectivity index (χ3v) is 6.71. The minimum atomic E-state index is -3.64. The summed E-state index contributed by atoms with van der Waals surface area (Å²) in [5.74, 6) is 0. The molecule has 0 saturated heterocycles. The Balaban J connectivity index is 1.73. The van der Waals surface area contributed by atoms with Crippen LogP contribution in [0.1, 0.15) is 30.5 Å². The van der Waals surface area contributed by atoms with Gasteiger partial charge in [-0.1, -0.05) is 32.0 Å². The van der Waals surface area contributed by atoms with Crippen LogP contribution in [0.3, 0.4) is 0 Å². The molecule has 0 saturated carbocycles. The molecular formula is C23H25N3O3S. The first-order valence-corrected chi connectivity index (χ1v) is 11.3. The average molecular weight is 424 g/mol. The fourth-order valence-corrected chi connectivity index (χ4v) is 4.91. The van der Waals surface area contributed by atoms with Gasteiger partial charge in [-0.2, -0.15) is 0 Å². The van der Waals surface area contributed by atoms with Crippen molar-refractivity contribution in [1.82, 2.24) is 10.3 Å². The lowest BCUT2D eigenvalue weighted by molar-refractivity contribution is 0.251. The molecule has 3 rings (SSSR count). The number of aromatic nitrogens is 1. The standard InChI is InChI=1S/C23H25N3O3S/c1-3-18-8-5-9-22(21(18)4-2)30(28,29)20-12-10-19(11-13-20)26-23(27)25-16-17-7-6-14-24-15-17/h5-15H,3-4,16H2,1-2H3,(H2,25,26,27). The lowest BCUT2D eigenvalue weighted by atomic mass is 10.0. The van der Waals surface area contributed by atoms with Crippen LogP contribution in [0.4, 0.5) is 10.5 Å². The summed E-state index contributed by atoms with van der Waals surface area (Å²) in [6, 6.07) is 14.9. The summed E-state index contributed by atoms with van der Waals surface area (Å²) in [5.41, 5.74) is 3.30. The molecule has 0 bridgehead atoms. The highest BCUT2D eigenvalue weighted by molar-refractivity contribution is 7.91. The highest BCUT2D eigenvalue weighted by Crippen LogP contribution is 2.28. The van der Waals surface area contributed by atoms with Crippen LogP contribution in [0.2, 0.25) is 0 Å². The maximum atomic E-state index is 13.2. The summed E-state index contributed by atoms with van der Waals surface area (Å²) in [7, 11) is -3.64. The van der Waals surface area contributed by atoms with Gasteiger partial charge in [0, 0.05) is 24.6 Å². The van der Waals surface area contributed by atoms with Crippen molar-refractivity contribution >= 4 is 21.6 Å². The predicted molar refractivity (Wildman–Crippen MR) is 117 cm³/mol. The molecule has 0 aliphatic rings. The zero-order chi connectivity index (χ0) is 21.6. The maximum absolute atomic E-state index is 13.2. The first-order chi connectivity index (χ1) is 14.5. The number of aryl methyl sites for hydroxylation is 1. The Morgan fingerprint density at radius 1 is 0.967 bits per heavy atom. The van der Waals surface area contributed by atoms with E-state index in [4.69, 9.17) is 0 Å². The average Bonchev–Trinajstić information content (AvgIpc) is 2.78. The van der Waals surface area contributed by atoms with Gasteiger partial charge in [-0.15, -0.1) is 0 Å². The number of hydrogen-bond acceptors (Lipinski definition) is 4. The van der Waals surface area contributed by atoms with E-state index in [-0.39, 0.29) is 10.9 Å². The van der Waals surface area contributed by atoms with Crippen molar-refractivity contribution in [2.45, 2.75) is 43.0 Å². The van der Waals surface area contributed by atoms with Gasteiger partial charge in [0.25, 0.3) is 0 Å². The first kappa shape index (κ1) is 21.5. The Morgan fingerprint density at radius 3 is 2.37 bits per heavy atom. The molecule has 3 aromatic rings. The van der Waals surface area contributed by atoms with E-state index in [0.717, 1.165) is 23.1 Å². The number of rotatable bonds is 7. The molecule has 1 heterocycles. The molecule has 2 N–H and O–H groups in total. The number of sulfone groups is 1. The smallest absolute Gasteiger partial charge is 0.319 e. The monoisotopic (exact) mass is 423 g/mol. The van der Waals surface area contributed by atoms with Gasteiger partial charge in [0.1, 0.15) is 0 Å². The summed E-state index contributed by atoms with van der Waals surface area (Å²) >= 11 is 0. The molecule has 6 nitrogen and oxygen atoms in total. The predicted octanol–water partition coefficient (Wildman–Crippen LogP) is 4.36. The number of pyridine rings is 1. The van der Waals surface area contributed by atoms with E-state index in [1.807, 2.05) is 26.0 Å². The van der Waals surface area contributed by atoms with Crippen molar-refractivity contribution < 1.29 is 13.2 Å². The summed E-state index contributed by atoms with van der Waals surface area (Å²) in [5, 5.41) is 5.44. The normalized spacial score (nSPS) is 11.1. The minimum Gasteiger partial charge on any atom is -0.334 e. The van der Waals surface area contributed by atoms with Crippen molar-refractivity contribution in [3.8, 4) is 0 Å². The van der Waals surface area contributed by atoms with E-state index < -0.39 is 9.84 Å². The molecule has 0 aliphatic carbocycles. The number of nitrogens with zero attached hydrogens (tertiary/aromatic N) is 1. The number of hydrogen-bond donors (Lipinski definition) is 2. The van der Waals surface area contributed by atoms with Gasteiger partial charge in [-0.3, -0.25) is 4.98 Å². The Bertz CT molecular complexity index is 1110. The van der Waals surface area contributed by atoms with Crippen molar-refractivity contribution in [3.05, 3.63) is 83.7 Å². The minimum absolute atomic E-state index is 0.201. The van der Waals surface area contributed by atoms with Crippen molar-refractivity contribution in [2.75, 3.05) is 5.32 Å². The molecule has 156 valence electrons. The Morgan fingerprint density at radius 2 is 1.73 bits per heavy atom. The topological polar surface area (TPSA) is 88.2 Å². The van der Waals surface area contributed by atoms with Crippen molar-refractivity contribution in [3.63, 3.8) is 0 Å². The van der Waals surface area contributed by atoms with Crippen molar-refractivity contribution in [2.24, 2.45) is 0 Å². The molecule has 1 aromatic heterocycles. The number of carbonyl (C=O) groups is 1. The molecule has 0 unspecified atom stereocenters. The maximum Gasteiger partial charge on any atom is 0.319 e. The van der Waals surface area contributed by atoms with Crippen LogP contribution in [0, 0.1) is 0 Å². The Labute approximate surface area is 177 Å². The van der Waals surface area contributed by atoms with Gasteiger partial charge < -0.3 is 10.6 Å². The summed E-state index contributed by atoms with van der Waals surface area (Å²) in [6.45, 7) is 4.33. The highest BCUT2D eigenvalue weighted by Gasteiger charge is 2.22. The number of urea groups is 1. The second kappa shape index (κ2) is 9.54. The van der Waals surface area contributed by atoms with Crippen LogP contribution in [-0.2, 0) is 29.2 Å². The SMILES string of the molecule is CCc1cccc(S(=O)(=O)c2ccc(NC(=O)NCc3cccnc3)cc2)c1CC. The molecule has 0 radical (unpaired) electrons. The zero-order valence-corrected chi connectivity index (χ0v) is 17.9. The fraction of sp³-hybridized carbons (Fsp3) is 0.217. The fourth-order valence-electron chi connectivity index (χ4n) is 3.30. The van der Waals surface area contributed by atoms with Gasteiger partial charge in [0.15, 0.2) is 0 Å². The molecule has 2 aromatic carbocycles. The Hall–Kier alpha value is -3.19. The quantitative estimate of drug-likeness (QED) is 0.591. The highest BCUT2D eigenvalue weighted by atomic mass is 32.2. The molecule has 2 amide bonds. The summed E-state index contributed by atoms with van der Waals surface area (Å²) in [4.78, 5) is 16.6.